The van der Waals surface area contributed by atoms with Crippen molar-refractivity contribution in [1.82, 2.24) is 20.9 Å². The van der Waals surface area contributed by atoms with Crippen LogP contribution in [0.5, 0.6) is 5.75 Å². The summed E-state index contributed by atoms with van der Waals surface area (Å²) in [4.78, 5) is 32.7. The summed E-state index contributed by atoms with van der Waals surface area (Å²) < 4.78 is 5.37. The maximum atomic E-state index is 13.0. The van der Waals surface area contributed by atoms with E-state index in [1.807, 2.05) is 37.3 Å². The van der Waals surface area contributed by atoms with Crippen LogP contribution in [0.4, 0.5) is 5.82 Å². The SMILES string of the molecule is COc1cccc(C(=O)NC2CC3CCC(C2)N3c2ccc(C(=O)NC3CCCNC3)cn2)c1C. The number of piperidine rings is 2. The maximum absolute atomic E-state index is 13.0. The van der Waals surface area contributed by atoms with Crippen LogP contribution in [-0.2, 0) is 0 Å². The molecule has 8 nitrogen and oxygen atoms in total. The first-order chi connectivity index (χ1) is 17.0. The quantitative estimate of drug-likeness (QED) is 0.592. The van der Waals surface area contributed by atoms with Gasteiger partial charge in [-0.3, -0.25) is 9.59 Å². The number of anilines is 1. The number of hydrogen-bond donors (Lipinski definition) is 3. The van der Waals surface area contributed by atoms with Crippen LogP contribution in [0.3, 0.4) is 0 Å². The number of rotatable bonds is 6. The number of pyridine rings is 1. The Labute approximate surface area is 206 Å². The lowest BCUT2D eigenvalue weighted by Crippen LogP contribution is -2.51. The highest BCUT2D eigenvalue weighted by Crippen LogP contribution is 2.38. The maximum Gasteiger partial charge on any atom is 0.253 e. The molecule has 1 aromatic heterocycles. The minimum Gasteiger partial charge on any atom is -0.496 e. The van der Waals surface area contributed by atoms with Gasteiger partial charge in [0.1, 0.15) is 11.6 Å². The van der Waals surface area contributed by atoms with Crippen molar-refractivity contribution < 1.29 is 14.3 Å². The third-order valence-electron chi connectivity index (χ3n) is 7.72. The summed E-state index contributed by atoms with van der Waals surface area (Å²) in [6, 6.07) is 10.4. The highest BCUT2D eigenvalue weighted by molar-refractivity contribution is 5.96. The topological polar surface area (TPSA) is 95.6 Å². The van der Waals surface area contributed by atoms with E-state index in [1.54, 1.807) is 13.3 Å². The van der Waals surface area contributed by atoms with Crippen LogP contribution < -0.4 is 25.6 Å². The molecule has 3 aliphatic rings. The largest absolute Gasteiger partial charge is 0.496 e. The van der Waals surface area contributed by atoms with Gasteiger partial charge in [0.25, 0.3) is 11.8 Å². The zero-order valence-electron chi connectivity index (χ0n) is 20.5. The molecule has 2 aromatic rings. The van der Waals surface area contributed by atoms with Crippen molar-refractivity contribution in [2.24, 2.45) is 0 Å². The number of aromatic nitrogens is 1. The first kappa shape index (κ1) is 23.6. The second-order valence-corrected chi connectivity index (χ2v) is 9.99. The molecule has 0 spiro atoms. The van der Waals surface area contributed by atoms with Crippen molar-refractivity contribution in [3.63, 3.8) is 0 Å². The first-order valence-electron chi connectivity index (χ1n) is 12.7. The van der Waals surface area contributed by atoms with Gasteiger partial charge >= 0.3 is 0 Å². The van der Waals surface area contributed by atoms with Gasteiger partial charge in [0.05, 0.1) is 12.7 Å². The molecule has 3 N–H and O–H groups in total. The van der Waals surface area contributed by atoms with E-state index in [4.69, 9.17) is 4.74 Å². The van der Waals surface area contributed by atoms with E-state index in [1.165, 1.54) is 0 Å². The van der Waals surface area contributed by atoms with Gasteiger partial charge in [-0.25, -0.2) is 4.98 Å². The van der Waals surface area contributed by atoms with Crippen molar-refractivity contribution in [2.75, 3.05) is 25.1 Å². The monoisotopic (exact) mass is 477 g/mol. The molecule has 5 rings (SSSR count). The molecule has 8 heteroatoms. The van der Waals surface area contributed by atoms with Crippen LogP contribution in [-0.4, -0.2) is 61.2 Å². The number of hydrogen-bond acceptors (Lipinski definition) is 6. The Hall–Kier alpha value is -3.13. The molecule has 0 saturated carbocycles. The number of methoxy groups -OCH3 is 1. The molecule has 1 aromatic carbocycles. The van der Waals surface area contributed by atoms with E-state index >= 15 is 0 Å². The Balaban J connectivity index is 1.20. The Morgan fingerprint density at radius 3 is 2.46 bits per heavy atom. The van der Waals surface area contributed by atoms with Gasteiger partial charge in [0.15, 0.2) is 0 Å². The number of fused-ring (bicyclic) bond motifs is 2. The lowest BCUT2D eigenvalue weighted by molar-refractivity contribution is 0.0920. The summed E-state index contributed by atoms with van der Waals surface area (Å²) >= 11 is 0. The molecule has 0 aliphatic carbocycles. The van der Waals surface area contributed by atoms with Crippen LogP contribution in [0.2, 0.25) is 0 Å². The van der Waals surface area contributed by atoms with Crippen molar-refractivity contribution in [3.8, 4) is 5.75 Å². The number of nitrogens with zero attached hydrogens (tertiary/aromatic N) is 2. The first-order valence-corrected chi connectivity index (χ1v) is 12.7. The second-order valence-electron chi connectivity index (χ2n) is 9.99. The van der Waals surface area contributed by atoms with E-state index in [0.717, 1.165) is 68.7 Å². The Kier molecular flexibility index (Phi) is 6.90. The molecule has 3 fully saturated rings. The molecule has 186 valence electrons. The highest BCUT2D eigenvalue weighted by Gasteiger charge is 2.42. The number of carbonyl (C=O) groups excluding carboxylic acids is 2. The molecular formula is C27H35N5O3. The Bertz CT molecular complexity index is 1050. The number of carbonyl (C=O) groups is 2. The molecule has 3 atom stereocenters. The Morgan fingerprint density at radius 1 is 1.03 bits per heavy atom. The predicted octanol–water partition coefficient (Wildman–Crippen LogP) is 2.81. The third kappa shape index (κ3) is 4.98. The van der Waals surface area contributed by atoms with Gasteiger partial charge in [-0.15, -0.1) is 0 Å². The van der Waals surface area contributed by atoms with E-state index in [9.17, 15) is 9.59 Å². The summed E-state index contributed by atoms with van der Waals surface area (Å²) in [5.74, 6) is 1.55. The summed E-state index contributed by atoms with van der Waals surface area (Å²) in [7, 11) is 1.62. The second kappa shape index (κ2) is 10.2. The minimum absolute atomic E-state index is 0.0408. The fourth-order valence-corrected chi connectivity index (χ4v) is 5.93. The fraction of sp³-hybridized carbons (Fsp3) is 0.519. The Morgan fingerprint density at radius 2 is 1.80 bits per heavy atom. The molecule has 2 amide bonds. The fourth-order valence-electron chi connectivity index (χ4n) is 5.93. The van der Waals surface area contributed by atoms with Gasteiger partial charge in [-0.2, -0.15) is 0 Å². The molecular weight excluding hydrogens is 442 g/mol. The molecule has 2 bridgehead atoms. The van der Waals surface area contributed by atoms with E-state index in [-0.39, 0.29) is 23.9 Å². The lowest BCUT2D eigenvalue weighted by atomic mass is 9.96. The van der Waals surface area contributed by atoms with Crippen LogP contribution in [0.15, 0.2) is 36.5 Å². The molecule has 0 radical (unpaired) electrons. The molecule has 4 heterocycles. The van der Waals surface area contributed by atoms with Crippen LogP contribution in [0, 0.1) is 6.92 Å². The lowest BCUT2D eigenvalue weighted by Gasteiger charge is -2.40. The van der Waals surface area contributed by atoms with Crippen molar-refractivity contribution in [1.29, 1.82) is 0 Å². The van der Waals surface area contributed by atoms with E-state index in [0.29, 0.717) is 23.2 Å². The van der Waals surface area contributed by atoms with Gasteiger partial charge in [0.2, 0.25) is 0 Å². The predicted molar refractivity (Wildman–Crippen MR) is 135 cm³/mol. The average Bonchev–Trinajstić information content (AvgIpc) is 3.14. The summed E-state index contributed by atoms with van der Waals surface area (Å²) in [6.45, 7) is 3.76. The third-order valence-corrected chi connectivity index (χ3v) is 7.72. The zero-order valence-corrected chi connectivity index (χ0v) is 20.5. The highest BCUT2D eigenvalue weighted by atomic mass is 16.5. The van der Waals surface area contributed by atoms with Crippen LogP contribution in [0.25, 0.3) is 0 Å². The van der Waals surface area contributed by atoms with Crippen LogP contribution >= 0.6 is 0 Å². The van der Waals surface area contributed by atoms with Crippen molar-refractivity contribution in [3.05, 3.63) is 53.2 Å². The molecule has 3 unspecified atom stereocenters. The van der Waals surface area contributed by atoms with Crippen molar-refractivity contribution >= 4 is 17.6 Å². The van der Waals surface area contributed by atoms with E-state index in [2.05, 4.69) is 25.8 Å². The average molecular weight is 478 g/mol. The van der Waals surface area contributed by atoms with Gasteiger partial charge in [0, 0.05) is 48.0 Å². The molecule has 3 saturated heterocycles. The number of ether oxygens (including phenoxy) is 1. The van der Waals surface area contributed by atoms with E-state index < -0.39 is 0 Å². The standard InChI is InChI=1S/C27H35N5O3/c1-17-23(6-3-7-24(17)35-2)27(34)31-20-13-21-9-10-22(14-20)32(21)25-11-8-18(15-29-25)26(33)30-19-5-4-12-28-16-19/h3,6-8,11,15,19-22,28H,4-5,9-10,12-14,16H2,1-2H3,(H,30,33)(H,31,34). The number of amides is 2. The normalized spacial score (nSPS) is 25.7. The summed E-state index contributed by atoms with van der Waals surface area (Å²) in [6.07, 6.45) is 7.76. The van der Waals surface area contributed by atoms with Crippen LogP contribution in [0.1, 0.15) is 64.8 Å². The molecule has 35 heavy (non-hydrogen) atoms. The van der Waals surface area contributed by atoms with Crippen molar-refractivity contribution in [2.45, 2.75) is 69.6 Å². The zero-order chi connectivity index (χ0) is 24.4. The van der Waals surface area contributed by atoms with Gasteiger partial charge in [-0.05, 0) is 76.3 Å². The van der Waals surface area contributed by atoms with Gasteiger partial charge < -0.3 is 25.6 Å². The smallest absolute Gasteiger partial charge is 0.253 e. The number of nitrogens with one attached hydrogen (secondary N) is 3. The van der Waals surface area contributed by atoms with Gasteiger partial charge in [-0.1, -0.05) is 6.07 Å². The summed E-state index contributed by atoms with van der Waals surface area (Å²) in [5.41, 5.74) is 2.13. The number of benzene rings is 1. The summed E-state index contributed by atoms with van der Waals surface area (Å²) in [5, 5.41) is 9.70. The molecule has 3 aliphatic heterocycles. The minimum atomic E-state index is -0.0602.